The van der Waals surface area contributed by atoms with Gasteiger partial charge >= 0.3 is 0 Å². The summed E-state index contributed by atoms with van der Waals surface area (Å²) in [5, 5.41) is 0. The lowest BCUT2D eigenvalue weighted by Crippen LogP contribution is -2.13. The number of rotatable bonds is 1. The molecule has 3 heteroatoms. The van der Waals surface area contributed by atoms with Gasteiger partial charge in [-0.25, -0.2) is 4.39 Å². The lowest BCUT2D eigenvalue weighted by molar-refractivity contribution is 0.263. The second-order valence-electron chi connectivity index (χ2n) is 3.53. The van der Waals surface area contributed by atoms with Crippen LogP contribution in [0.15, 0.2) is 12.1 Å². The van der Waals surface area contributed by atoms with Crippen molar-refractivity contribution in [1.29, 1.82) is 0 Å². The van der Waals surface area contributed by atoms with Gasteiger partial charge in [-0.3, -0.25) is 0 Å². The molecule has 0 amide bonds. The van der Waals surface area contributed by atoms with Crippen molar-refractivity contribution in [2.24, 2.45) is 0 Å². The van der Waals surface area contributed by atoms with E-state index in [2.05, 4.69) is 6.92 Å². The zero-order valence-corrected chi connectivity index (χ0v) is 8.34. The molecule has 1 unspecified atom stereocenters. The van der Waals surface area contributed by atoms with Crippen molar-refractivity contribution in [2.75, 3.05) is 13.7 Å². The summed E-state index contributed by atoms with van der Waals surface area (Å²) in [4.78, 5) is 0. The molecule has 0 radical (unpaired) electrons. The van der Waals surface area contributed by atoms with Crippen LogP contribution in [0.2, 0.25) is 0 Å². The Balaban J connectivity index is 2.57. The smallest absolute Gasteiger partial charge is 0.165 e. The minimum atomic E-state index is -0.316. The first-order valence-corrected chi connectivity index (χ1v) is 4.73. The van der Waals surface area contributed by atoms with Crippen molar-refractivity contribution >= 4 is 0 Å². The van der Waals surface area contributed by atoms with E-state index in [9.17, 15) is 4.39 Å². The molecule has 1 aliphatic heterocycles. The molecule has 0 bridgehead atoms. The highest BCUT2D eigenvalue weighted by atomic mass is 19.1. The van der Waals surface area contributed by atoms with Gasteiger partial charge in [-0.2, -0.15) is 0 Å². The number of halogens is 1. The molecular weight excluding hydrogens is 183 g/mol. The molecule has 0 spiro atoms. The molecule has 0 saturated heterocycles. The van der Waals surface area contributed by atoms with E-state index in [-0.39, 0.29) is 5.82 Å². The van der Waals surface area contributed by atoms with Gasteiger partial charge < -0.3 is 9.47 Å². The van der Waals surface area contributed by atoms with E-state index in [1.54, 1.807) is 6.07 Å². The molecule has 0 aliphatic carbocycles. The highest BCUT2D eigenvalue weighted by Crippen LogP contribution is 2.41. The standard InChI is InChI=1S/C11H13FO2/c1-7-5-6-14-9-4-3-8(12)11(13-2)10(7)9/h3-4,7H,5-6H2,1-2H3. The maximum Gasteiger partial charge on any atom is 0.165 e. The Bertz CT molecular complexity index is 349. The molecule has 1 heterocycles. The molecule has 14 heavy (non-hydrogen) atoms. The summed E-state index contributed by atoms with van der Waals surface area (Å²) in [6.45, 7) is 2.76. The van der Waals surface area contributed by atoms with Gasteiger partial charge in [0.25, 0.3) is 0 Å². The van der Waals surface area contributed by atoms with Crippen LogP contribution in [-0.2, 0) is 0 Å². The van der Waals surface area contributed by atoms with Crippen LogP contribution in [0.25, 0.3) is 0 Å². The van der Waals surface area contributed by atoms with Crippen molar-refractivity contribution in [3.05, 3.63) is 23.5 Å². The monoisotopic (exact) mass is 196 g/mol. The summed E-state index contributed by atoms with van der Waals surface area (Å²) in [5.74, 6) is 1.06. The number of hydrogen-bond donors (Lipinski definition) is 0. The van der Waals surface area contributed by atoms with Gasteiger partial charge in [-0.15, -0.1) is 0 Å². The van der Waals surface area contributed by atoms with Gasteiger partial charge in [0.15, 0.2) is 11.6 Å². The molecule has 76 valence electrons. The first-order chi connectivity index (χ1) is 6.74. The van der Waals surface area contributed by atoms with E-state index in [0.29, 0.717) is 18.3 Å². The predicted molar refractivity (Wildman–Crippen MR) is 51.5 cm³/mol. The molecule has 1 aromatic rings. The quantitative estimate of drug-likeness (QED) is 0.687. The lowest BCUT2D eigenvalue weighted by atomic mass is 9.94. The summed E-state index contributed by atoms with van der Waals surface area (Å²) < 4.78 is 23.9. The van der Waals surface area contributed by atoms with Gasteiger partial charge in [-0.1, -0.05) is 6.92 Å². The van der Waals surface area contributed by atoms with Crippen molar-refractivity contribution in [1.82, 2.24) is 0 Å². The summed E-state index contributed by atoms with van der Waals surface area (Å²) in [6, 6.07) is 3.05. The molecule has 2 rings (SSSR count). The van der Waals surface area contributed by atoms with Gasteiger partial charge in [-0.05, 0) is 24.5 Å². The minimum absolute atomic E-state index is 0.296. The minimum Gasteiger partial charge on any atom is -0.493 e. The summed E-state index contributed by atoms with van der Waals surface area (Å²) in [6.07, 6.45) is 0.910. The van der Waals surface area contributed by atoms with Crippen LogP contribution < -0.4 is 9.47 Å². The fraction of sp³-hybridized carbons (Fsp3) is 0.455. The Kier molecular flexibility index (Phi) is 2.32. The van der Waals surface area contributed by atoms with Crippen LogP contribution in [0.5, 0.6) is 11.5 Å². The zero-order chi connectivity index (χ0) is 10.1. The molecule has 2 nitrogen and oxygen atoms in total. The number of benzene rings is 1. The normalized spacial score (nSPS) is 19.8. The maximum absolute atomic E-state index is 13.4. The molecule has 0 saturated carbocycles. The predicted octanol–water partition coefficient (Wildman–Crippen LogP) is 2.72. The molecule has 0 fully saturated rings. The van der Waals surface area contributed by atoms with Crippen molar-refractivity contribution in [3.63, 3.8) is 0 Å². The number of hydrogen-bond acceptors (Lipinski definition) is 2. The second-order valence-corrected chi connectivity index (χ2v) is 3.53. The average Bonchev–Trinajstić information content (AvgIpc) is 2.19. The van der Waals surface area contributed by atoms with Gasteiger partial charge in [0.05, 0.1) is 13.7 Å². The molecule has 0 N–H and O–H groups in total. The van der Waals surface area contributed by atoms with E-state index in [1.165, 1.54) is 13.2 Å². The van der Waals surface area contributed by atoms with Crippen LogP contribution in [0.1, 0.15) is 24.8 Å². The Morgan fingerprint density at radius 2 is 2.29 bits per heavy atom. The van der Waals surface area contributed by atoms with Gasteiger partial charge in [0, 0.05) is 5.56 Å². The van der Waals surface area contributed by atoms with Crippen LogP contribution in [0, 0.1) is 5.82 Å². The highest BCUT2D eigenvalue weighted by molar-refractivity contribution is 5.48. The van der Waals surface area contributed by atoms with E-state index in [1.807, 2.05) is 0 Å². The zero-order valence-electron chi connectivity index (χ0n) is 8.34. The lowest BCUT2D eigenvalue weighted by Gasteiger charge is -2.25. The van der Waals surface area contributed by atoms with Crippen molar-refractivity contribution in [3.8, 4) is 11.5 Å². The number of fused-ring (bicyclic) bond motifs is 1. The van der Waals surface area contributed by atoms with Crippen LogP contribution in [0.4, 0.5) is 4.39 Å². The molecular formula is C11H13FO2. The maximum atomic E-state index is 13.4. The summed E-state index contributed by atoms with van der Waals surface area (Å²) in [5.41, 5.74) is 0.860. The largest absolute Gasteiger partial charge is 0.493 e. The topological polar surface area (TPSA) is 18.5 Å². The summed E-state index contributed by atoms with van der Waals surface area (Å²) >= 11 is 0. The fourth-order valence-electron chi connectivity index (χ4n) is 1.84. The molecule has 0 aromatic heterocycles. The van der Waals surface area contributed by atoms with E-state index >= 15 is 0 Å². The Labute approximate surface area is 82.6 Å². The van der Waals surface area contributed by atoms with Crippen molar-refractivity contribution in [2.45, 2.75) is 19.3 Å². The number of methoxy groups -OCH3 is 1. The molecule has 1 aliphatic rings. The SMILES string of the molecule is COc1c(F)ccc2c1C(C)CCO2. The Morgan fingerprint density at radius 1 is 1.50 bits per heavy atom. The second kappa shape index (κ2) is 3.48. The fourth-order valence-corrected chi connectivity index (χ4v) is 1.84. The first kappa shape index (κ1) is 9.31. The van der Waals surface area contributed by atoms with Crippen LogP contribution in [0.3, 0.4) is 0 Å². The Morgan fingerprint density at radius 3 is 3.00 bits per heavy atom. The van der Waals surface area contributed by atoms with Crippen LogP contribution in [-0.4, -0.2) is 13.7 Å². The Hall–Kier alpha value is -1.25. The third-order valence-corrected chi connectivity index (χ3v) is 2.61. The number of ether oxygens (including phenoxy) is 2. The van der Waals surface area contributed by atoms with E-state index < -0.39 is 0 Å². The third-order valence-electron chi connectivity index (χ3n) is 2.61. The van der Waals surface area contributed by atoms with Gasteiger partial charge in [0.1, 0.15) is 5.75 Å². The van der Waals surface area contributed by atoms with Crippen LogP contribution >= 0.6 is 0 Å². The summed E-state index contributed by atoms with van der Waals surface area (Å²) in [7, 11) is 1.49. The van der Waals surface area contributed by atoms with E-state index in [0.717, 1.165) is 17.7 Å². The third kappa shape index (κ3) is 1.33. The molecule has 1 aromatic carbocycles. The molecule has 1 atom stereocenters. The highest BCUT2D eigenvalue weighted by Gasteiger charge is 2.24. The average molecular weight is 196 g/mol. The van der Waals surface area contributed by atoms with E-state index in [4.69, 9.17) is 9.47 Å². The van der Waals surface area contributed by atoms with Crippen molar-refractivity contribution < 1.29 is 13.9 Å². The first-order valence-electron chi connectivity index (χ1n) is 4.73. The van der Waals surface area contributed by atoms with Gasteiger partial charge in [0.2, 0.25) is 0 Å².